The molecule has 2 fully saturated rings. The highest BCUT2D eigenvalue weighted by Gasteiger charge is 2.24. The van der Waals surface area contributed by atoms with Gasteiger partial charge < -0.3 is 14.8 Å². The van der Waals surface area contributed by atoms with Crippen LogP contribution in [0.5, 0.6) is 11.5 Å². The van der Waals surface area contributed by atoms with Crippen molar-refractivity contribution in [1.29, 1.82) is 0 Å². The fraction of sp³-hybridized carbons (Fsp3) is 0.667. The SMILES string of the molecule is CC.CC.CN=C1CC(c2ccc(OC)c(OC3CCCC3)c2)CN1. The molecule has 0 bridgehead atoms. The molecule has 0 radical (unpaired) electrons. The van der Waals surface area contributed by atoms with Crippen LogP contribution in [0.4, 0.5) is 0 Å². The van der Waals surface area contributed by atoms with Crippen LogP contribution in [0.25, 0.3) is 0 Å². The standard InChI is InChI=1S/C17H24N2O2.2C2H6/c1-18-17-10-13(11-19-17)12-7-8-15(20-2)16(9-12)21-14-5-3-4-6-14;2*1-2/h7-9,13-14H,3-6,10-11H2,1-2H3,(H,18,19);2*1-2H3. The summed E-state index contributed by atoms with van der Waals surface area (Å²) in [5, 5.41) is 3.35. The molecule has 1 aromatic rings. The Labute approximate surface area is 154 Å². The smallest absolute Gasteiger partial charge is 0.161 e. The molecule has 1 aromatic carbocycles. The Kier molecular flexibility index (Phi) is 10.0. The fourth-order valence-electron chi connectivity index (χ4n) is 3.25. The summed E-state index contributed by atoms with van der Waals surface area (Å²) in [6.45, 7) is 8.95. The summed E-state index contributed by atoms with van der Waals surface area (Å²) < 4.78 is 11.6. The van der Waals surface area contributed by atoms with Gasteiger partial charge >= 0.3 is 0 Å². The Morgan fingerprint density at radius 3 is 2.28 bits per heavy atom. The van der Waals surface area contributed by atoms with Gasteiger partial charge in [0.25, 0.3) is 0 Å². The second-order valence-electron chi connectivity index (χ2n) is 5.89. The van der Waals surface area contributed by atoms with Crippen LogP contribution in [-0.4, -0.2) is 32.6 Å². The minimum absolute atomic E-state index is 0.351. The maximum absolute atomic E-state index is 6.18. The van der Waals surface area contributed by atoms with E-state index >= 15 is 0 Å². The predicted octanol–water partition coefficient (Wildman–Crippen LogP) is 5.17. The maximum Gasteiger partial charge on any atom is 0.161 e. The van der Waals surface area contributed by atoms with Crippen LogP contribution in [0.15, 0.2) is 23.2 Å². The number of aliphatic imine (C=N–C) groups is 1. The minimum atomic E-state index is 0.351. The predicted molar refractivity (Wildman–Crippen MR) is 107 cm³/mol. The molecule has 1 heterocycles. The second kappa shape index (κ2) is 11.8. The number of hydrogen-bond acceptors (Lipinski definition) is 3. The van der Waals surface area contributed by atoms with Gasteiger partial charge in [0.1, 0.15) is 0 Å². The number of benzene rings is 1. The lowest BCUT2D eigenvalue weighted by Gasteiger charge is -2.18. The molecule has 1 N–H and O–H groups in total. The normalized spacial score (nSPS) is 20.9. The van der Waals surface area contributed by atoms with E-state index in [-0.39, 0.29) is 0 Å². The molecule has 1 saturated carbocycles. The number of hydrogen-bond donors (Lipinski definition) is 1. The zero-order valence-corrected chi connectivity index (χ0v) is 16.9. The van der Waals surface area contributed by atoms with E-state index in [1.807, 2.05) is 40.8 Å². The van der Waals surface area contributed by atoms with Gasteiger partial charge in [-0.2, -0.15) is 0 Å². The fourth-order valence-corrected chi connectivity index (χ4v) is 3.25. The molecule has 4 nitrogen and oxygen atoms in total. The van der Waals surface area contributed by atoms with Gasteiger partial charge in [0, 0.05) is 25.9 Å². The third kappa shape index (κ3) is 5.94. The summed E-state index contributed by atoms with van der Waals surface area (Å²) in [5.41, 5.74) is 1.30. The number of amidine groups is 1. The first kappa shape index (κ1) is 21.3. The van der Waals surface area contributed by atoms with Crippen LogP contribution < -0.4 is 14.8 Å². The Balaban J connectivity index is 0.000000730. The number of nitrogens with zero attached hydrogens (tertiary/aromatic N) is 1. The van der Waals surface area contributed by atoms with E-state index in [0.717, 1.165) is 43.1 Å². The van der Waals surface area contributed by atoms with E-state index in [0.29, 0.717) is 12.0 Å². The summed E-state index contributed by atoms with van der Waals surface area (Å²) in [5.74, 6) is 3.29. The average Bonchev–Trinajstić information content (AvgIpc) is 3.37. The first-order valence-electron chi connectivity index (χ1n) is 9.84. The molecule has 1 atom stereocenters. The second-order valence-corrected chi connectivity index (χ2v) is 5.89. The minimum Gasteiger partial charge on any atom is -0.493 e. The quantitative estimate of drug-likeness (QED) is 0.816. The maximum atomic E-state index is 6.18. The highest BCUT2D eigenvalue weighted by Crippen LogP contribution is 2.35. The Morgan fingerprint density at radius 1 is 1.04 bits per heavy atom. The lowest BCUT2D eigenvalue weighted by molar-refractivity contribution is 0.200. The Bertz CT molecular complexity index is 523. The molecule has 0 spiro atoms. The molecule has 0 amide bonds. The van der Waals surface area contributed by atoms with E-state index in [4.69, 9.17) is 9.47 Å². The Hall–Kier alpha value is -1.71. The van der Waals surface area contributed by atoms with Gasteiger partial charge in [0.05, 0.1) is 19.0 Å². The first-order chi connectivity index (χ1) is 12.3. The van der Waals surface area contributed by atoms with Crippen molar-refractivity contribution in [2.24, 2.45) is 4.99 Å². The van der Waals surface area contributed by atoms with Crippen molar-refractivity contribution in [3.05, 3.63) is 23.8 Å². The van der Waals surface area contributed by atoms with Crippen molar-refractivity contribution in [3.8, 4) is 11.5 Å². The first-order valence-corrected chi connectivity index (χ1v) is 9.84. The molecular weight excluding hydrogens is 312 g/mol. The molecular formula is C21H36N2O2. The van der Waals surface area contributed by atoms with Crippen molar-refractivity contribution in [1.82, 2.24) is 5.32 Å². The van der Waals surface area contributed by atoms with Crippen molar-refractivity contribution in [2.75, 3.05) is 20.7 Å². The highest BCUT2D eigenvalue weighted by molar-refractivity contribution is 5.85. The largest absolute Gasteiger partial charge is 0.493 e. The van der Waals surface area contributed by atoms with Gasteiger partial charge in [-0.25, -0.2) is 0 Å². The summed E-state index contributed by atoms with van der Waals surface area (Å²) in [6, 6.07) is 6.33. The van der Waals surface area contributed by atoms with Gasteiger partial charge in [0.15, 0.2) is 11.5 Å². The molecule has 1 aliphatic heterocycles. The zero-order valence-electron chi connectivity index (χ0n) is 16.9. The van der Waals surface area contributed by atoms with E-state index in [9.17, 15) is 0 Å². The molecule has 1 aliphatic carbocycles. The van der Waals surface area contributed by atoms with E-state index < -0.39 is 0 Å². The molecule has 4 heteroatoms. The van der Waals surface area contributed by atoms with E-state index in [1.54, 1.807) is 7.11 Å². The molecule has 25 heavy (non-hydrogen) atoms. The van der Waals surface area contributed by atoms with Crippen LogP contribution in [0.1, 0.15) is 71.3 Å². The zero-order chi connectivity index (χ0) is 18.7. The monoisotopic (exact) mass is 348 g/mol. The van der Waals surface area contributed by atoms with Crippen LogP contribution in [-0.2, 0) is 0 Å². The van der Waals surface area contributed by atoms with Gasteiger partial charge in [-0.05, 0) is 43.4 Å². The van der Waals surface area contributed by atoms with E-state index in [1.165, 1.54) is 18.4 Å². The van der Waals surface area contributed by atoms with Crippen LogP contribution in [0, 0.1) is 0 Å². The van der Waals surface area contributed by atoms with Gasteiger partial charge in [-0.3, -0.25) is 4.99 Å². The molecule has 142 valence electrons. The molecule has 2 aliphatic rings. The molecule has 0 aromatic heterocycles. The van der Waals surface area contributed by atoms with Gasteiger partial charge in [-0.1, -0.05) is 33.8 Å². The van der Waals surface area contributed by atoms with Crippen molar-refractivity contribution in [2.45, 2.75) is 71.8 Å². The summed E-state index contributed by atoms with van der Waals surface area (Å²) in [4.78, 5) is 4.25. The molecule has 3 rings (SSSR count). The number of rotatable bonds is 4. The number of nitrogens with one attached hydrogen (secondary N) is 1. The molecule has 1 unspecified atom stereocenters. The number of ether oxygens (including phenoxy) is 2. The number of methoxy groups -OCH3 is 1. The molecule has 1 saturated heterocycles. The summed E-state index contributed by atoms with van der Waals surface area (Å²) in [7, 11) is 3.54. The van der Waals surface area contributed by atoms with E-state index in [2.05, 4.69) is 22.4 Å². The average molecular weight is 349 g/mol. The third-order valence-electron chi connectivity index (χ3n) is 4.52. The van der Waals surface area contributed by atoms with Crippen molar-refractivity contribution >= 4 is 5.84 Å². The van der Waals surface area contributed by atoms with Crippen LogP contribution in [0.3, 0.4) is 0 Å². The summed E-state index contributed by atoms with van der Waals surface area (Å²) in [6.07, 6.45) is 6.19. The topological polar surface area (TPSA) is 42.9 Å². The van der Waals surface area contributed by atoms with Crippen LogP contribution in [0.2, 0.25) is 0 Å². The highest BCUT2D eigenvalue weighted by atomic mass is 16.5. The van der Waals surface area contributed by atoms with Gasteiger partial charge in [0.2, 0.25) is 0 Å². The van der Waals surface area contributed by atoms with Gasteiger partial charge in [-0.15, -0.1) is 0 Å². The lowest BCUT2D eigenvalue weighted by atomic mass is 9.97. The third-order valence-corrected chi connectivity index (χ3v) is 4.52. The summed E-state index contributed by atoms with van der Waals surface area (Å²) >= 11 is 0. The van der Waals surface area contributed by atoms with Crippen molar-refractivity contribution in [3.63, 3.8) is 0 Å². The van der Waals surface area contributed by atoms with Crippen LogP contribution >= 0.6 is 0 Å². The van der Waals surface area contributed by atoms with Crippen molar-refractivity contribution < 1.29 is 9.47 Å². The lowest BCUT2D eigenvalue weighted by Crippen LogP contribution is -2.14. The Morgan fingerprint density at radius 2 is 1.72 bits per heavy atom.